The summed E-state index contributed by atoms with van der Waals surface area (Å²) in [5, 5.41) is 2.45. The van der Waals surface area contributed by atoms with Crippen molar-refractivity contribution in [1.29, 1.82) is 0 Å². The van der Waals surface area contributed by atoms with E-state index in [1.807, 2.05) is 42.5 Å². The van der Waals surface area contributed by atoms with Crippen molar-refractivity contribution in [3.63, 3.8) is 0 Å². The number of benzene rings is 2. The Labute approximate surface area is 134 Å². The minimum absolute atomic E-state index is 0.0387. The Balaban J connectivity index is 2.35. The van der Waals surface area contributed by atoms with Gasteiger partial charge in [0.05, 0.1) is 27.4 Å². The molecule has 0 N–H and O–H groups in total. The van der Waals surface area contributed by atoms with Crippen molar-refractivity contribution < 1.29 is 4.74 Å². The summed E-state index contributed by atoms with van der Waals surface area (Å²) in [6.07, 6.45) is 0. The summed E-state index contributed by atoms with van der Waals surface area (Å²) in [5.74, 6) is 0.672. The lowest BCUT2D eigenvalue weighted by Crippen LogP contribution is -2.03. The second-order valence-electron chi connectivity index (χ2n) is 4.89. The van der Waals surface area contributed by atoms with E-state index in [-0.39, 0.29) is 5.43 Å². The topological polar surface area (TPSA) is 39.2 Å². The summed E-state index contributed by atoms with van der Waals surface area (Å²) in [6, 6.07) is 13.0. The van der Waals surface area contributed by atoms with Gasteiger partial charge >= 0.3 is 0 Å². The molecule has 0 fully saturated rings. The molecule has 0 bridgehead atoms. The molecule has 0 aliphatic rings. The van der Waals surface area contributed by atoms with Crippen LogP contribution in [0.3, 0.4) is 0 Å². The predicted molar refractivity (Wildman–Crippen MR) is 92.5 cm³/mol. The lowest BCUT2D eigenvalue weighted by Gasteiger charge is -2.08. The monoisotopic (exact) mass is 327 g/mol. The lowest BCUT2D eigenvalue weighted by atomic mass is 10.1. The third-order valence-corrected chi connectivity index (χ3v) is 5.29. The van der Waals surface area contributed by atoms with Gasteiger partial charge in [-0.15, -0.1) is 11.3 Å². The summed E-state index contributed by atoms with van der Waals surface area (Å²) in [4.78, 5) is 17.4. The number of para-hydroxylation sites is 1. The molecule has 0 saturated heterocycles. The first kappa shape index (κ1) is 13.5. The molecule has 2 aromatic heterocycles. The van der Waals surface area contributed by atoms with Gasteiger partial charge in [-0.2, -0.15) is 0 Å². The van der Waals surface area contributed by atoms with E-state index in [9.17, 15) is 4.79 Å². The summed E-state index contributed by atoms with van der Waals surface area (Å²) in [6.45, 7) is 0. The van der Waals surface area contributed by atoms with Crippen LogP contribution in [0.25, 0.3) is 31.1 Å². The quantitative estimate of drug-likeness (QED) is 0.291. The highest BCUT2D eigenvalue weighted by molar-refractivity contribution is 7.25. The van der Waals surface area contributed by atoms with Gasteiger partial charge in [-0.25, -0.2) is 4.98 Å². The van der Waals surface area contributed by atoms with Gasteiger partial charge in [0.15, 0.2) is 5.43 Å². The SMILES string of the molecule is COc1cccc2c(=O)c3c(sc12)c(Cl)nc1ccccc13. The number of nitrogens with zero attached hydrogens (tertiary/aromatic N) is 1. The molecule has 2 heterocycles. The maximum absolute atomic E-state index is 13.0. The van der Waals surface area contributed by atoms with Crippen LogP contribution in [0, 0.1) is 0 Å². The van der Waals surface area contributed by atoms with E-state index < -0.39 is 0 Å². The number of aromatic nitrogens is 1. The molecule has 0 saturated carbocycles. The fourth-order valence-corrected chi connectivity index (χ4v) is 4.14. The molecule has 4 aromatic rings. The molecule has 0 radical (unpaired) electrons. The van der Waals surface area contributed by atoms with Crippen molar-refractivity contribution in [2.24, 2.45) is 0 Å². The van der Waals surface area contributed by atoms with Crippen LogP contribution in [-0.4, -0.2) is 12.1 Å². The second kappa shape index (κ2) is 4.93. The molecule has 22 heavy (non-hydrogen) atoms. The van der Waals surface area contributed by atoms with Gasteiger partial charge in [0.1, 0.15) is 10.9 Å². The van der Waals surface area contributed by atoms with Crippen molar-refractivity contribution in [2.45, 2.75) is 0 Å². The standard InChI is InChI=1S/C17H10ClNO2S/c1-21-12-8-4-6-10-14(20)13-9-5-2-3-7-11(9)19-17(18)16(13)22-15(10)12/h2-8H,1H3. The first-order chi connectivity index (χ1) is 10.7. The number of methoxy groups -OCH3 is 1. The Kier molecular flexibility index (Phi) is 3.03. The second-order valence-corrected chi connectivity index (χ2v) is 6.27. The Morgan fingerprint density at radius 3 is 2.64 bits per heavy atom. The van der Waals surface area contributed by atoms with E-state index in [1.54, 1.807) is 7.11 Å². The van der Waals surface area contributed by atoms with Crippen LogP contribution in [-0.2, 0) is 0 Å². The van der Waals surface area contributed by atoms with Gasteiger partial charge in [-0.1, -0.05) is 35.9 Å². The fourth-order valence-electron chi connectivity index (χ4n) is 2.68. The van der Waals surface area contributed by atoms with E-state index in [1.165, 1.54) is 11.3 Å². The number of hydrogen-bond acceptors (Lipinski definition) is 4. The first-order valence-corrected chi connectivity index (χ1v) is 7.88. The smallest absolute Gasteiger partial charge is 0.196 e. The maximum Gasteiger partial charge on any atom is 0.196 e. The third kappa shape index (κ3) is 1.81. The Morgan fingerprint density at radius 2 is 1.82 bits per heavy atom. The van der Waals surface area contributed by atoms with Crippen LogP contribution in [0.5, 0.6) is 5.75 Å². The molecule has 108 valence electrons. The van der Waals surface area contributed by atoms with E-state index in [2.05, 4.69) is 4.98 Å². The highest BCUT2D eigenvalue weighted by Crippen LogP contribution is 2.36. The number of hydrogen-bond donors (Lipinski definition) is 0. The maximum atomic E-state index is 13.0. The lowest BCUT2D eigenvalue weighted by molar-refractivity contribution is 0.420. The summed E-state index contributed by atoms with van der Waals surface area (Å²) < 4.78 is 6.86. The highest BCUT2D eigenvalue weighted by atomic mass is 35.5. The van der Waals surface area contributed by atoms with Crippen molar-refractivity contribution in [3.8, 4) is 5.75 Å². The Bertz CT molecular complexity index is 1100. The molecular weight excluding hydrogens is 318 g/mol. The number of fused-ring (bicyclic) bond motifs is 4. The van der Waals surface area contributed by atoms with Gasteiger partial charge in [0.2, 0.25) is 0 Å². The van der Waals surface area contributed by atoms with Gasteiger partial charge in [-0.3, -0.25) is 4.79 Å². The largest absolute Gasteiger partial charge is 0.495 e. The van der Waals surface area contributed by atoms with E-state index in [4.69, 9.17) is 16.3 Å². The average Bonchev–Trinajstić information content (AvgIpc) is 2.55. The molecule has 0 aliphatic heterocycles. The van der Waals surface area contributed by atoms with Crippen LogP contribution in [0.4, 0.5) is 0 Å². The molecule has 0 spiro atoms. The van der Waals surface area contributed by atoms with Crippen LogP contribution >= 0.6 is 22.9 Å². The van der Waals surface area contributed by atoms with Gasteiger partial charge < -0.3 is 4.74 Å². The highest BCUT2D eigenvalue weighted by Gasteiger charge is 2.15. The number of ether oxygens (including phenoxy) is 1. The van der Waals surface area contributed by atoms with Crippen LogP contribution in [0.1, 0.15) is 0 Å². The van der Waals surface area contributed by atoms with Crippen LogP contribution in [0.2, 0.25) is 5.15 Å². The molecule has 0 unspecified atom stereocenters. The average molecular weight is 328 g/mol. The first-order valence-electron chi connectivity index (χ1n) is 6.68. The molecule has 0 amide bonds. The number of rotatable bonds is 1. The van der Waals surface area contributed by atoms with E-state index >= 15 is 0 Å². The fraction of sp³-hybridized carbons (Fsp3) is 0.0588. The van der Waals surface area contributed by atoms with Crippen molar-refractivity contribution in [2.75, 3.05) is 7.11 Å². The summed E-state index contributed by atoms with van der Waals surface area (Å²) in [7, 11) is 1.59. The van der Waals surface area contributed by atoms with E-state index in [0.717, 1.165) is 15.6 Å². The minimum Gasteiger partial charge on any atom is -0.495 e. The minimum atomic E-state index is -0.0387. The van der Waals surface area contributed by atoms with Crippen molar-refractivity contribution in [3.05, 3.63) is 57.8 Å². The normalized spacial score (nSPS) is 11.4. The zero-order valence-corrected chi connectivity index (χ0v) is 13.2. The van der Waals surface area contributed by atoms with Crippen LogP contribution in [0.15, 0.2) is 47.3 Å². The summed E-state index contributed by atoms with van der Waals surface area (Å²) in [5.41, 5.74) is 0.690. The zero-order chi connectivity index (χ0) is 15.3. The molecule has 3 nitrogen and oxygen atoms in total. The van der Waals surface area contributed by atoms with Gasteiger partial charge in [0, 0.05) is 10.8 Å². The van der Waals surface area contributed by atoms with Crippen molar-refractivity contribution in [1.82, 2.24) is 4.98 Å². The summed E-state index contributed by atoms with van der Waals surface area (Å²) >= 11 is 7.76. The molecule has 2 aromatic carbocycles. The zero-order valence-electron chi connectivity index (χ0n) is 11.6. The Morgan fingerprint density at radius 1 is 1.05 bits per heavy atom. The van der Waals surface area contributed by atoms with Gasteiger partial charge in [-0.05, 0) is 18.2 Å². The molecular formula is C17H10ClNO2S. The van der Waals surface area contributed by atoms with Crippen LogP contribution < -0.4 is 10.2 Å². The third-order valence-electron chi connectivity index (χ3n) is 3.68. The molecule has 0 atom stereocenters. The number of halogens is 1. The Hall–Kier alpha value is -2.17. The van der Waals surface area contributed by atoms with Crippen molar-refractivity contribution >= 4 is 54.0 Å². The predicted octanol–water partition coefficient (Wildman–Crippen LogP) is 4.62. The molecule has 0 aliphatic carbocycles. The van der Waals surface area contributed by atoms with E-state index in [0.29, 0.717) is 26.4 Å². The number of pyridine rings is 1. The van der Waals surface area contributed by atoms with Gasteiger partial charge in [0.25, 0.3) is 0 Å². The molecule has 5 heteroatoms. The molecule has 4 rings (SSSR count).